The lowest BCUT2D eigenvalue weighted by molar-refractivity contribution is -0.140. The zero-order chi connectivity index (χ0) is 30.2. The van der Waals surface area contributed by atoms with Gasteiger partial charge in [0.2, 0.25) is 11.8 Å². The van der Waals surface area contributed by atoms with Crippen LogP contribution in [0, 0.1) is 0 Å². The molecule has 9 nitrogen and oxygen atoms in total. The summed E-state index contributed by atoms with van der Waals surface area (Å²) < 4.78 is 39.7. The van der Waals surface area contributed by atoms with Crippen LogP contribution in [-0.2, 0) is 26.2 Å². The van der Waals surface area contributed by atoms with Crippen LogP contribution in [0.4, 0.5) is 5.69 Å². The second-order valence-corrected chi connectivity index (χ2v) is 11.9. The van der Waals surface area contributed by atoms with Crippen LogP contribution in [0.2, 0.25) is 5.02 Å². The van der Waals surface area contributed by atoms with Gasteiger partial charge in [-0.05, 0) is 62.2 Å². The number of carbonyl (C=O) groups excluding carboxylic acids is 2. The average Bonchev–Trinajstić information content (AvgIpc) is 2.95. The summed E-state index contributed by atoms with van der Waals surface area (Å²) in [5, 5.41) is 3.29. The van der Waals surface area contributed by atoms with Crippen LogP contribution >= 0.6 is 11.6 Å². The van der Waals surface area contributed by atoms with Gasteiger partial charge in [-0.1, -0.05) is 48.9 Å². The van der Waals surface area contributed by atoms with E-state index >= 15 is 0 Å². The Hall–Kier alpha value is -3.76. The molecule has 0 spiro atoms. The van der Waals surface area contributed by atoms with Crippen LogP contribution in [0.3, 0.4) is 0 Å². The van der Waals surface area contributed by atoms with Gasteiger partial charge in [0.25, 0.3) is 10.0 Å². The summed E-state index contributed by atoms with van der Waals surface area (Å²) in [7, 11) is -1.43. The molecule has 3 aromatic rings. The molecule has 0 fully saturated rings. The summed E-state index contributed by atoms with van der Waals surface area (Å²) in [6.45, 7) is 5.05. The van der Waals surface area contributed by atoms with Gasteiger partial charge in [-0.2, -0.15) is 0 Å². The van der Waals surface area contributed by atoms with Crippen molar-refractivity contribution in [3.63, 3.8) is 0 Å². The molecule has 0 radical (unpaired) electrons. The summed E-state index contributed by atoms with van der Waals surface area (Å²) in [6, 6.07) is 18.6. The summed E-state index contributed by atoms with van der Waals surface area (Å²) >= 11 is 6.09. The first kappa shape index (κ1) is 31.8. The number of nitrogens with zero attached hydrogens (tertiary/aromatic N) is 2. The topological polar surface area (TPSA) is 105 Å². The van der Waals surface area contributed by atoms with Crippen molar-refractivity contribution in [1.29, 1.82) is 0 Å². The average molecular weight is 602 g/mol. The van der Waals surface area contributed by atoms with E-state index in [0.717, 1.165) is 9.87 Å². The fourth-order valence-corrected chi connectivity index (χ4v) is 5.88. The molecule has 1 N–H and O–H groups in total. The highest BCUT2D eigenvalue weighted by Crippen LogP contribution is 2.32. The number of benzene rings is 3. The van der Waals surface area contributed by atoms with Gasteiger partial charge < -0.3 is 19.7 Å². The van der Waals surface area contributed by atoms with Gasteiger partial charge in [0.05, 0.1) is 24.8 Å². The zero-order valence-electron chi connectivity index (χ0n) is 23.8. The molecule has 41 heavy (non-hydrogen) atoms. The van der Waals surface area contributed by atoms with Crippen molar-refractivity contribution in [2.24, 2.45) is 0 Å². The molecule has 11 heteroatoms. The van der Waals surface area contributed by atoms with Crippen molar-refractivity contribution < 1.29 is 27.5 Å². The minimum Gasteiger partial charge on any atom is -0.493 e. The fourth-order valence-electron chi connectivity index (χ4n) is 4.32. The second kappa shape index (κ2) is 14.2. The Balaban J connectivity index is 2.08. The number of hydrogen-bond donors (Lipinski definition) is 1. The summed E-state index contributed by atoms with van der Waals surface area (Å²) in [5.41, 5.74) is 1.04. The number of nitrogens with one attached hydrogen (secondary N) is 1. The number of anilines is 1. The molecule has 1 atom stereocenters. The zero-order valence-corrected chi connectivity index (χ0v) is 25.4. The molecule has 0 heterocycles. The normalized spacial score (nSPS) is 12.0. The van der Waals surface area contributed by atoms with Crippen LogP contribution in [0.25, 0.3) is 0 Å². The van der Waals surface area contributed by atoms with Crippen LogP contribution in [-0.4, -0.2) is 58.0 Å². The molecular weight excluding hydrogens is 566 g/mol. The minimum absolute atomic E-state index is 0.0999. The molecule has 0 aliphatic heterocycles. The predicted molar refractivity (Wildman–Crippen MR) is 160 cm³/mol. The SMILES string of the molecule is CC[C@@H](C(=O)NC(C)C)N(Cc1ccccc1)C(=O)CN(c1ccc(Cl)cc1)S(=O)(=O)c1ccc(OC)c(OC)c1. The van der Waals surface area contributed by atoms with Crippen LogP contribution < -0.4 is 19.1 Å². The first-order valence-electron chi connectivity index (χ1n) is 13.2. The Kier molecular flexibility index (Phi) is 11.0. The first-order valence-corrected chi connectivity index (χ1v) is 15.0. The van der Waals surface area contributed by atoms with E-state index in [0.29, 0.717) is 17.2 Å². The van der Waals surface area contributed by atoms with E-state index in [2.05, 4.69) is 5.32 Å². The maximum Gasteiger partial charge on any atom is 0.264 e. The van der Waals surface area contributed by atoms with Crippen LogP contribution in [0.15, 0.2) is 77.7 Å². The fraction of sp³-hybridized carbons (Fsp3) is 0.333. The van der Waals surface area contributed by atoms with Gasteiger partial charge in [0, 0.05) is 23.7 Å². The molecule has 0 bridgehead atoms. The van der Waals surface area contributed by atoms with Gasteiger partial charge in [0.15, 0.2) is 11.5 Å². The Morgan fingerprint density at radius 3 is 2.12 bits per heavy atom. The number of hydrogen-bond acceptors (Lipinski definition) is 6. The van der Waals surface area contributed by atoms with Gasteiger partial charge >= 0.3 is 0 Å². The van der Waals surface area contributed by atoms with E-state index in [9.17, 15) is 18.0 Å². The maximum absolute atomic E-state index is 14.1. The van der Waals surface area contributed by atoms with Gasteiger partial charge in [-0.15, -0.1) is 0 Å². The molecule has 3 aromatic carbocycles. The number of carbonyl (C=O) groups is 2. The smallest absolute Gasteiger partial charge is 0.264 e. The maximum atomic E-state index is 14.1. The lowest BCUT2D eigenvalue weighted by Gasteiger charge is -2.33. The standard InChI is InChI=1S/C30H36ClN3O6S/c1-6-26(30(36)32-21(2)3)33(19-22-10-8-7-9-11-22)29(35)20-34(24-14-12-23(31)13-15-24)41(37,38)25-16-17-27(39-4)28(18-25)40-5/h7-18,21,26H,6,19-20H2,1-5H3,(H,32,36)/t26-/m0/s1. The van der Waals surface area contributed by atoms with Gasteiger partial charge in [-0.25, -0.2) is 8.42 Å². The number of methoxy groups -OCH3 is 2. The molecule has 0 aliphatic rings. The number of ether oxygens (including phenoxy) is 2. The van der Waals surface area contributed by atoms with Gasteiger partial charge in [0.1, 0.15) is 12.6 Å². The van der Waals surface area contributed by atoms with Crippen molar-refractivity contribution in [3.05, 3.63) is 83.4 Å². The summed E-state index contributed by atoms with van der Waals surface area (Å²) in [4.78, 5) is 28.6. The third-order valence-electron chi connectivity index (χ3n) is 6.35. The molecule has 0 unspecified atom stereocenters. The molecule has 220 valence electrons. The lowest BCUT2D eigenvalue weighted by atomic mass is 10.1. The molecule has 2 amide bonds. The molecule has 0 saturated heterocycles. The van der Waals surface area contributed by atoms with E-state index in [1.165, 1.54) is 49.5 Å². The molecule has 3 rings (SSSR count). The van der Waals surface area contributed by atoms with Crippen LogP contribution in [0.5, 0.6) is 11.5 Å². The Bertz CT molecular complexity index is 1430. The Labute approximate surface area is 247 Å². The van der Waals surface area contributed by atoms with Crippen molar-refractivity contribution in [1.82, 2.24) is 10.2 Å². The highest BCUT2D eigenvalue weighted by Gasteiger charge is 2.34. The number of sulfonamides is 1. The van der Waals surface area contributed by atoms with Crippen molar-refractivity contribution in [3.8, 4) is 11.5 Å². The van der Waals surface area contributed by atoms with Crippen LogP contribution in [0.1, 0.15) is 32.8 Å². The van der Waals surface area contributed by atoms with E-state index in [1.54, 1.807) is 12.1 Å². The largest absolute Gasteiger partial charge is 0.493 e. The summed E-state index contributed by atoms with van der Waals surface area (Å²) in [5.74, 6) is -0.277. The van der Waals surface area contributed by atoms with Gasteiger partial charge in [-0.3, -0.25) is 13.9 Å². The Morgan fingerprint density at radius 1 is 0.927 bits per heavy atom. The van der Waals surface area contributed by atoms with Crippen molar-refractivity contribution in [2.75, 3.05) is 25.1 Å². The van der Waals surface area contributed by atoms with E-state index in [-0.39, 0.29) is 34.8 Å². The molecule has 0 aromatic heterocycles. The highest BCUT2D eigenvalue weighted by atomic mass is 35.5. The predicted octanol–water partition coefficient (Wildman–Crippen LogP) is 4.88. The number of rotatable bonds is 13. The minimum atomic E-state index is -4.29. The highest BCUT2D eigenvalue weighted by molar-refractivity contribution is 7.92. The molecule has 0 aliphatic carbocycles. The molecular formula is C30H36ClN3O6S. The molecule has 0 saturated carbocycles. The lowest BCUT2D eigenvalue weighted by Crippen LogP contribution is -2.53. The second-order valence-electron chi connectivity index (χ2n) is 9.60. The number of halogens is 1. The third kappa shape index (κ3) is 7.92. The van der Waals surface area contributed by atoms with E-state index in [4.69, 9.17) is 21.1 Å². The van der Waals surface area contributed by atoms with E-state index < -0.39 is 28.5 Å². The van der Waals surface area contributed by atoms with Crippen molar-refractivity contribution >= 4 is 39.1 Å². The summed E-state index contributed by atoms with van der Waals surface area (Å²) in [6.07, 6.45) is 0.334. The monoisotopic (exact) mass is 601 g/mol. The Morgan fingerprint density at radius 2 is 1.56 bits per heavy atom. The third-order valence-corrected chi connectivity index (χ3v) is 8.37. The quantitative estimate of drug-likeness (QED) is 0.299. The van der Waals surface area contributed by atoms with E-state index in [1.807, 2.05) is 51.1 Å². The first-order chi connectivity index (χ1) is 19.5. The van der Waals surface area contributed by atoms with Crippen molar-refractivity contribution in [2.45, 2.75) is 50.7 Å². The number of amides is 2.